The number of Topliss-reactive ketones (excluding diaryl/α,β-unsaturated/α-hetero) is 1. The number of ether oxygens (including phenoxy) is 2. The quantitative estimate of drug-likeness (QED) is 0.365. The van der Waals surface area contributed by atoms with Gasteiger partial charge in [-0.05, 0) is 51.1 Å². The SMILES string of the molecule is COC[C@H](C)n1c(C)cc(C(=O)CN2C(=O)C(=O)N(c3ccc(OC)cc3)C2=O)c1C. The first-order valence-electron chi connectivity index (χ1n) is 9.75. The number of carbonyl (C=O) groups excluding carboxylic acids is 4. The Morgan fingerprint density at radius 2 is 1.68 bits per heavy atom. The zero-order chi connectivity index (χ0) is 22.9. The lowest BCUT2D eigenvalue weighted by molar-refractivity contribution is -0.139. The summed E-state index contributed by atoms with van der Waals surface area (Å²) in [4.78, 5) is 52.1. The van der Waals surface area contributed by atoms with Gasteiger partial charge in [0.2, 0.25) is 0 Å². The molecule has 1 fully saturated rings. The number of methoxy groups -OCH3 is 2. The van der Waals surface area contributed by atoms with Gasteiger partial charge in [0.1, 0.15) is 5.75 Å². The summed E-state index contributed by atoms with van der Waals surface area (Å²) in [7, 11) is 3.10. The molecule has 0 radical (unpaired) electrons. The minimum absolute atomic E-state index is 0.00809. The van der Waals surface area contributed by atoms with Crippen LogP contribution in [-0.2, 0) is 14.3 Å². The number of anilines is 1. The van der Waals surface area contributed by atoms with Crippen molar-refractivity contribution < 1.29 is 28.7 Å². The molecule has 9 nitrogen and oxygen atoms in total. The van der Waals surface area contributed by atoms with Crippen molar-refractivity contribution >= 4 is 29.3 Å². The molecule has 1 atom stereocenters. The second kappa shape index (κ2) is 8.73. The second-order valence-electron chi connectivity index (χ2n) is 7.39. The van der Waals surface area contributed by atoms with Crippen molar-refractivity contribution in [2.75, 3.05) is 32.3 Å². The molecule has 0 spiro atoms. The van der Waals surface area contributed by atoms with E-state index in [0.29, 0.717) is 28.5 Å². The summed E-state index contributed by atoms with van der Waals surface area (Å²) in [5.41, 5.74) is 2.20. The largest absolute Gasteiger partial charge is 0.497 e. The number of nitrogens with zero attached hydrogens (tertiary/aromatic N) is 3. The number of ketones is 1. The Morgan fingerprint density at radius 3 is 2.26 bits per heavy atom. The molecule has 0 bridgehead atoms. The van der Waals surface area contributed by atoms with E-state index >= 15 is 0 Å². The van der Waals surface area contributed by atoms with Gasteiger partial charge < -0.3 is 14.0 Å². The van der Waals surface area contributed by atoms with Crippen LogP contribution in [0.1, 0.15) is 34.7 Å². The van der Waals surface area contributed by atoms with Gasteiger partial charge in [-0.3, -0.25) is 14.4 Å². The molecule has 4 amide bonds. The maximum atomic E-state index is 13.0. The highest BCUT2D eigenvalue weighted by atomic mass is 16.5. The smallest absolute Gasteiger partial charge is 0.339 e. The lowest BCUT2D eigenvalue weighted by Gasteiger charge is -2.18. The number of hydrogen-bond acceptors (Lipinski definition) is 6. The molecular formula is C22H25N3O6. The maximum absolute atomic E-state index is 13.0. The molecule has 1 saturated heterocycles. The monoisotopic (exact) mass is 427 g/mol. The average Bonchev–Trinajstić information content (AvgIpc) is 3.15. The van der Waals surface area contributed by atoms with Crippen molar-refractivity contribution in [2.45, 2.75) is 26.8 Å². The molecule has 1 aromatic heterocycles. The zero-order valence-corrected chi connectivity index (χ0v) is 18.2. The standard InChI is InChI=1S/C22H25N3O6/c1-13-10-18(15(3)24(13)14(2)12-30-4)19(26)11-23-20(27)21(28)25(22(23)29)16-6-8-17(31-5)9-7-16/h6-10,14H,11-12H2,1-5H3/t14-/m0/s1. The Hall–Kier alpha value is -3.46. The Kier molecular flexibility index (Phi) is 6.26. The van der Waals surface area contributed by atoms with Crippen LogP contribution in [0.2, 0.25) is 0 Å². The van der Waals surface area contributed by atoms with Crippen molar-refractivity contribution in [2.24, 2.45) is 0 Å². The summed E-state index contributed by atoms with van der Waals surface area (Å²) in [5.74, 6) is -1.91. The fourth-order valence-electron chi connectivity index (χ4n) is 3.89. The highest BCUT2D eigenvalue weighted by molar-refractivity contribution is 6.53. The van der Waals surface area contributed by atoms with E-state index in [4.69, 9.17) is 9.47 Å². The zero-order valence-electron chi connectivity index (χ0n) is 18.2. The lowest BCUT2D eigenvalue weighted by atomic mass is 10.1. The van der Waals surface area contributed by atoms with E-state index in [1.54, 1.807) is 32.2 Å². The summed E-state index contributed by atoms with van der Waals surface area (Å²) < 4.78 is 12.2. The summed E-state index contributed by atoms with van der Waals surface area (Å²) in [5, 5.41) is 0. The molecule has 0 N–H and O–H groups in total. The maximum Gasteiger partial charge on any atom is 0.339 e. The van der Waals surface area contributed by atoms with E-state index in [-0.39, 0.29) is 11.7 Å². The average molecular weight is 427 g/mol. The number of aryl methyl sites for hydroxylation is 1. The first kappa shape index (κ1) is 22.2. The molecule has 0 saturated carbocycles. The van der Waals surface area contributed by atoms with E-state index in [1.807, 2.05) is 18.4 Å². The summed E-state index contributed by atoms with van der Waals surface area (Å²) in [6.45, 7) is 5.60. The van der Waals surface area contributed by atoms with Crippen molar-refractivity contribution in [3.05, 3.63) is 47.3 Å². The molecule has 1 aliphatic rings. The van der Waals surface area contributed by atoms with Crippen LogP contribution in [0.25, 0.3) is 0 Å². The molecule has 9 heteroatoms. The number of urea groups is 1. The number of imide groups is 2. The first-order valence-corrected chi connectivity index (χ1v) is 9.75. The van der Waals surface area contributed by atoms with Crippen molar-refractivity contribution in [1.29, 1.82) is 0 Å². The molecule has 3 rings (SSSR count). The molecular weight excluding hydrogens is 402 g/mol. The third kappa shape index (κ3) is 3.96. The van der Waals surface area contributed by atoms with Crippen molar-refractivity contribution in [3.63, 3.8) is 0 Å². The van der Waals surface area contributed by atoms with Crippen molar-refractivity contribution in [3.8, 4) is 5.75 Å². The van der Waals surface area contributed by atoms with Gasteiger partial charge in [-0.1, -0.05) is 0 Å². The van der Waals surface area contributed by atoms with Crippen LogP contribution in [0, 0.1) is 13.8 Å². The molecule has 1 aliphatic heterocycles. The van der Waals surface area contributed by atoms with Crippen LogP contribution in [0.15, 0.2) is 30.3 Å². The number of rotatable bonds is 8. The van der Waals surface area contributed by atoms with Crippen molar-refractivity contribution in [1.82, 2.24) is 9.47 Å². The topological polar surface area (TPSA) is 98.2 Å². The van der Waals surface area contributed by atoms with Gasteiger partial charge in [0.05, 0.1) is 32.0 Å². The van der Waals surface area contributed by atoms with E-state index in [9.17, 15) is 19.2 Å². The van der Waals surface area contributed by atoms with Gasteiger partial charge in [0.25, 0.3) is 0 Å². The summed E-state index contributed by atoms with van der Waals surface area (Å²) in [6.07, 6.45) is 0. The number of hydrogen-bond donors (Lipinski definition) is 0. The highest BCUT2D eigenvalue weighted by Crippen LogP contribution is 2.26. The Labute approximate surface area is 180 Å². The van der Waals surface area contributed by atoms with Crippen LogP contribution in [0.3, 0.4) is 0 Å². The number of amides is 4. The minimum Gasteiger partial charge on any atom is -0.497 e. The van der Waals surface area contributed by atoms with E-state index < -0.39 is 30.2 Å². The van der Waals surface area contributed by atoms with Crippen LogP contribution in [-0.4, -0.2) is 60.5 Å². The van der Waals surface area contributed by atoms with E-state index in [0.717, 1.165) is 10.6 Å². The number of carbonyl (C=O) groups is 4. The van der Waals surface area contributed by atoms with Crippen LogP contribution < -0.4 is 9.64 Å². The van der Waals surface area contributed by atoms with Gasteiger partial charge in [-0.25, -0.2) is 14.6 Å². The number of benzene rings is 1. The molecule has 0 aliphatic carbocycles. The lowest BCUT2D eigenvalue weighted by Crippen LogP contribution is -2.37. The minimum atomic E-state index is -1.03. The van der Waals surface area contributed by atoms with Gasteiger partial charge in [0, 0.05) is 24.1 Å². The van der Waals surface area contributed by atoms with Gasteiger partial charge in [-0.15, -0.1) is 0 Å². The van der Waals surface area contributed by atoms with Gasteiger partial charge in [0.15, 0.2) is 5.78 Å². The summed E-state index contributed by atoms with van der Waals surface area (Å²) in [6, 6.07) is 7.02. The van der Waals surface area contributed by atoms with E-state index in [2.05, 4.69) is 0 Å². The molecule has 164 valence electrons. The normalized spacial score (nSPS) is 15.1. The first-order chi connectivity index (χ1) is 14.7. The summed E-state index contributed by atoms with van der Waals surface area (Å²) >= 11 is 0. The molecule has 31 heavy (non-hydrogen) atoms. The predicted molar refractivity (Wildman–Crippen MR) is 112 cm³/mol. The third-order valence-electron chi connectivity index (χ3n) is 5.32. The predicted octanol–water partition coefficient (Wildman–Crippen LogP) is 2.50. The third-order valence-corrected chi connectivity index (χ3v) is 5.32. The Bertz CT molecular complexity index is 1040. The molecule has 1 aromatic carbocycles. The second-order valence-corrected chi connectivity index (χ2v) is 7.39. The molecule has 2 aromatic rings. The Morgan fingerprint density at radius 1 is 1.03 bits per heavy atom. The van der Waals surface area contributed by atoms with Crippen LogP contribution in [0.5, 0.6) is 5.75 Å². The number of aromatic nitrogens is 1. The fourth-order valence-corrected chi connectivity index (χ4v) is 3.89. The fraction of sp³-hybridized carbons (Fsp3) is 0.364. The van der Waals surface area contributed by atoms with Crippen LogP contribution in [0.4, 0.5) is 10.5 Å². The van der Waals surface area contributed by atoms with Crippen LogP contribution >= 0.6 is 0 Å². The Balaban J connectivity index is 1.83. The molecule has 2 heterocycles. The van der Waals surface area contributed by atoms with E-state index in [1.165, 1.54) is 19.2 Å². The highest BCUT2D eigenvalue weighted by Gasteiger charge is 2.46. The van der Waals surface area contributed by atoms with Gasteiger partial charge >= 0.3 is 17.8 Å². The molecule has 0 unspecified atom stereocenters. The van der Waals surface area contributed by atoms with Gasteiger partial charge in [-0.2, -0.15) is 0 Å².